The third-order valence-electron chi connectivity index (χ3n) is 3.39. The summed E-state index contributed by atoms with van der Waals surface area (Å²) >= 11 is 0. The second-order valence-electron chi connectivity index (χ2n) is 4.82. The summed E-state index contributed by atoms with van der Waals surface area (Å²) in [6, 6.07) is 15.3. The topological polar surface area (TPSA) is 102 Å². The highest BCUT2D eigenvalue weighted by molar-refractivity contribution is 5.69. The summed E-state index contributed by atoms with van der Waals surface area (Å²) < 4.78 is 8.23. The van der Waals surface area contributed by atoms with Crippen LogP contribution in [-0.4, -0.2) is 14.8 Å². The van der Waals surface area contributed by atoms with Crippen molar-refractivity contribution in [2.75, 3.05) is 0 Å². The van der Waals surface area contributed by atoms with Crippen LogP contribution < -0.4 is 0 Å². The first-order chi connectivity index (χ1) is 11.5. The average Bonchev–Trinajstić information content (AvgIpc) is 2.96. The lowest BCUT2D eigenvalue weighted by Crippen LogP contribution is -1.88. The van der Waals surface area contributed by atoms with Gasteiger partial charge >= 0.3 is 0 Å². The van der Waals surface area contributed by atoms with Crippen LogP contribution in [0.3, 0.4) is 0 Å². The maximum Gasteiger partial charge on any atom is 0.269 e. The molecule has 0 unspecified atom stereocenters. The zero-order chi connectivity index (χ0) is 17.3. The number of nitrogens with zero attached hydrogens (tertiary/aromatic N) is 2. The predicted molar refractivity (Wildman–Crippen MR) is 85.0 cm³/mol. The largest absolute Gasteiger partial charge is 0.355 e. The Morgan fingerprint density at radius 3 is 1.35 bits per heavy atom. The molecule has 0 fully saturated rings. The normalized spacial score (nSPS) is 11.0. The quantitative estimate of drug-likeness (QED) is 0.577. The van der Waals surface area contributed by atoms with Crippen molar-refractivity contribution >= 4 is 11.4 Å². The molecule has 3 aromatic rings. The highest BCUT2D eigenvalue weighted by atomic mass is 16.6. The Bertz CT molecular complexity index is 843. The Hall–Kier alpha value is -3.48. The number of benzene rings is 2. The van der Waals surface area contributed by atoms with Crippen LogP contribution in [0.25, 0.3) is 22.5 Å². The maximum absolute atomic E-state index is 10.7. The van der Waals surface area contributed by atoms with Gasteiger partial charge in [0.2, 0.25) is 0 Å². The molecule has 0 aliphatic rings. The van der Waals surface area contributed by atoms with Crippen LogP contribution in [0.15, 0.2) is 60.7 Å². The Morgan fingerprint density at radius 1 is 0.696 bits per heavy atom. The van der Waals surface area contributed by atoms with Crippen LogP contribution in [0.4, 0.5) is 11.4 Å². The van der Waals surface area contributed by atoms with Gasteiger partial charge in [0.15, 0.2) is 1.41 Å². The van der Waals surface area contributed by atoms with Crippen LogP contribution >= 0.6 is 0 Å². The molecule has 1 heterocycles. The lowest BCUT2D eigenvalue weighted by atomic mass is 10.1. The van der Waals surface area contributed by atoms with Crippen LogP contribution in [-0.2, 0) is 0 Å². The van der Waals surface area contributed by atoms with Gasteiger partial charge in [0.1, 0.15) is 0 Å². The minimum atomic E-state index is -0.480. The van der Waals surface area contributed by atoms with Crippen LogP contribution in [0.5, 0.6) is 0 Å². The van der Waals surface area contributed by atoms with E-state index in [9.17, 15) is 20.2 Å². The molecule has 1 aromatic heterocycles. The van der Waals surface area contributed by atoms with Gasteiger partial charge in [-0.25, -0.2) is 0 Å². The molecular formula is C16H11N3O4. The van der Waals surface area contributed by atoms with Crippen molar-refractivity contribution in [2.45, 2.75) is 0 Å². The molecule has 1 N–H and O–H groups in total. The monoisotopic (exact) mass is 310 g/mol. The van der Waals surface area contributed by atoms with E-state index in [0.717, 1.165) is 0 Å². The maximum atomic E-state index is 10.7. The van der Waals surface area contributed by atoms with Crippen LogP contribution in [0.1, 0.15) is 0 Å². The molecule has 114 valence electrons. The summed E-state index contributed by atoms with van der Waals surface area (Å²) in [5, 5.41) is 21.4. The minimum absolute atomic E-state index is 0.0163. The van der Waals surface area contributed by atoms with E-state index in [1.54, 1.807) is 36.4 Å². The summed E-state index contributed by atoms with van der Waals surface area (Å²) in [7, 11) is 0. The molecule has 23 heavy (non-hydrogen) atoms. The van der Waals surface area contributed by atoms with Gasteiger partial charge in [0.25, 0.3) is 11.4 Å². The molecule has 7 nitrogen and oxygen atoms in total. The fraction of sp³-hybridized carbons (Fsp3) is 0. The first kappa shape index (κ1) is 13.2. The van der Waals surface area contributed by atoms with Gasteiger partial charge in [-0.2, -0.15) is 0 Å². The summed E-state index contributed by atoms with van der Waals surface area (Å²) in [5.41, 5.74) is 2.44. The molecule has 0 aliphatic heterocycles. The number of aromatic nitrogens is 1. The van der Waals surface area contributed by atoms with Crippen LogP contribution in [0, 0.1) is 20.2 Å². The van der Waals surface area contributed by atoms with E-state index in [0.29, 0.717) is 22.5 Å². The lowest BCUT2D eigenvalue weighted by molar-refractivity contribution is -0.385. The Kier molecular flexibility index (Phi) is 3.28. The molecule has 0 amide bonds. The average molecular weight is 310 g/mol. The highest BCUT2D eigenvalue weighted by Gasteiger charge is 2.09. The van der Waals surface area contributed by atoms with E-state index in [1.807, 2.05) is 0 Å². The minimum Gasteiger partial charge on any atom is -0.355 e. The van der Waals surface area contributed by atoms with Gasteiger partial charge in [-0.1, -0.05) is 0 Å². The van der Waals surface area contributed by atoms with E-state index < -0.39 is 9.85 Å². The van der Waals surface area contributed by atoms with E-state index in [4.69, 9.17) is 1.41 Å². The third kappa shape index (κ3) is 2.93. The van der Waals surface area contributed by atoms with Gasteiger partial charge in [0, 0.05) is 35.7 Å². The number of hydrogen-bond acceptors (Lipinski definition) is 4. The number of aromatic amines is 1. The van der Waals surface area contributed by atoms with Crippen molar-refractivity contribution in [3.63, 3.8) is 0 Å². The van der Waals surface area contributed by atoms with Crippen LogP contribution in [0.2, 0.25) is 1.41 Å². The summed E-state index contributed by atoms with van der Waals surface area (Å²) in [6.45, 7) is 0. The highest BCUT2D eigenvalue weighted by Crippen LogP contribution is 2.27. The Labute approximate surface area is 132 Å². The van der Waals surface area contributed by atoms with E-state index in [1.165, 1.54) is 29.2 Å². The van der Waals surface area contributed by atoms with Crippen molar-refractivity contribution in [3.8, 4) is 22.5 Å². The molecule has 0 bridgehead atoms. The first-order valence-corrected chi connectivity index (χ1v) is 6.68. The number of H-pyrrole nitrogens is 1. The zero-order valence-corrected chi connectivity index (χ0v) is 11.7. The summed E-state index contributed by atoms with van der Waals surface area (Å²) in [5.74, 6) is 0. The number of nitrogens with one attached hydrogen (secondary N) is 1. The smallest absolute Gasteiger partial charge is 0.269 e. The SMILES string of the molecule is [2H]n1c(-c2ccc([N+](=O)[O-])cc2)ccc1-c1ccc([N+](=O)[O-])cc1. The van der Waals surface area contributed by atoms with Crippen molar-refractivity contribution < 1.29 is 11.3 Å². The molecular weight excluding hydrogens is 298 g/mol. The second kappa shape index (κ2) is 5.72. The van der Waals surface area contributed by atoms with Gasteiger partial charge in [-0.3, -0.25) is 20.2 Å². The summed E-state index contributed by atoms with van der Waals surface area (Å²) in [4.78, 5) is 21.6. The zero-order valence-electron chi connectivity index (χ0n) is 12.7. The molecule has 0 aliphatic carbocycles. The van der Waals surface area contributed by atoms with Gasteiger partial charge in [-0.15, -0.1) is 0 Å². The molecule has 0 radical (unpaired) electrons. The molecule has 0 atom stereocenters. The van der Waals surface area contributed by atoms with Gasteiger partial charge < -0.3 is 4.98 Å². The summed E-state index contributed by atoms with van der Waals surface area (Å²) in [6.07, 6.45) is 0. The number of hydrogen-bond donors (Lipinski definition) is 1. The van der Waals surface area contributed by atoms with Crippen molar-refractivity contribution in [1.82, 2.24) is 4.98 Å². The van der Waals surface area contributed by atoms with Crippen molar-refractivity contribution in [2.24, 2.45) is 0 Å². The molecule has 2 aromatic carbocycles. The van der Waals surface area contributed by atoms with Gasteiger partial charge in [0.05, 0.1) is 9.85 Å². The second-order valence-corrected chi connectivity index (χ2v) is 4.82. The Balaban J connectivity index is 1.96. The van der Waals surface area contributed by atoms with E-state index in [-0.39, 0.29) is 11.4 Å². The van der Waals surface area contributed by atoms with Gasteiger partial charge in [-0.05, 0) is 47.5 Å². The predicted octanol–water partition coefficient (Wildman–Crippen LogP) is 4.17. The third-order valence-corrected chi connectivity index (χ3v) is 3.39. The van der Waals surface area contributed by atoms with E-state index in [2.05, 4.69) is 0 Å². The molecule has 3 rings (SSSR count). The molecule has 0 saturated heterocycles. The number of rotatable bonds is 4. The standard InChI is InChI=1S/C16H11N3O4/c20-18(21)13-5-1-11(2-6-13)15-9-10-16(17-15)12-3-7-14(8-4-12)19(22)23/h1-10,17H/i/hD. The molecule has 0 spiro atoms. The first-order valence-electron chi connectivity index (χ1n) is 7.13. The fourth-order valence-corrected chi connectivity index (χ4v) is 2.19. The molecule has 0 saturated carbocycles. The number of non-ortho nitro benzene ring substituents is 2. The fourth-order valence-electron chi connectivity index (χ4n) is 2.19. The lowest BCUT2D eigenvalue weighted by Gasteiger charge is -2.00. The van der Waals surface area contributed by atoms with E-state index >= 15 is 0 Å². The van der Waals surface area contributed by atoms with Crippen molar-refractivity contribution in [3.05, 3.63) is 80.9 Å². The molecule has 7 heteroatoms. The number of nitro groups is 2. The Morgan fingerprint density at radius 2 is 1.04 bits per heavy atom. The van der Waals surface area contributed by atoms with Crippen molar-refractivity contribution in [1.29, 1.82) is 0 Å². The number of nitro benzene ring substituents is 2.